The molecule has 2 aromatic rings. The van der Waals surface area contributed by atoms with Gasteiger partial charge in [0.1, 0.15) is 18.5 Å². The zero-order chi connectivity index (χ0) is 11.5. The Balaban J connectivity index is 1.66. The molecule has 17 heavy (non-hydrogen) atoms. The normalized spacial score (nSPS) is 17.8. The van der Waals surface area contributed by atoms with Crippen LogP contribution >= 0.6 is 0 Å². The second kappa shape index (κ2) is 4.60. The predicted octanol–water partition coefficient (Wildman–Crippen LogP) is 3.34. The van der Waals surface area contributed by atoms with Gasteiger partial charge in [-0.3, -0.25) is 0 Å². The van der Waals surface area contributed by atoms with Crippen LogP contribution in [0, 0.1) is 0 Å². The van der Waals surface area contributed by atoms with Crippen LogP contribution in [0.15, 0.2) is 54.6 Å². The molecule has 1 aliphatic rings. The second-order valence-corrected chi connectivity index (χ2v) is 4.17. The molecule has 2 nitrogen and oxygen atoms in total. The fourth-order valence-electron chi connectivity index (χ4n) is 1.79. The van der Waals surface area contributed by atoms with Gasteiger partial charge in [-0.1, -0.05) is 42.5 Å². The highest BCUT2D eigenvalue weighted by Gasteiger charge is 2.24. The van der Waals surface area contributed by atoms with Gasteiger partial charge < -0.3 is 9.47 Å². The van der Waals surface area contributed by atoms with Crippen LogP contribution in [0.1, 0.15) is 17.2 Å². The molecule has 86 valence electrons. The lowest BCUT2D eigenvalue weighted by Crippen LogP contribution is -1.95. The van der Waals surface area contributed by atoms with Gasteiger partial charge in [0.15, 0.2) is 0 Å². The van der Waals surface area contributed by atoms with Crippen molar-refractivity contribution in [2.75, 3.05) is 6.61 Å². The third-order valence-electron chi connectivity index (χ3n) is 2.81. The zero-order valence-electron chi connectivity index (χ0n) is 9.50. The molecule has 0 saturated carbocycles. The van der Waals surface area contributed by atoms with E-state index in [9.17, 15) is 0 Å². The quantitative estimate of drug-likeness (QED) is 0.746. The summed E-state index contributed by atoms with van der Waals surface area (Å²) in [5.74, 6) is 0.904. The zero-order valence-corrected chi connectivity index (χ0v) is 9.50. The van der Waals surface area contributed by atoms with Crippen LogP contribution in [-0.4, -0.2) is 6.61 Å². The molecule has 2 aromatic carbocycles. The summed E-state index contributed by atoms with van der Waals surface area (Å²) in [7, 11) is 0. The second-order valence-electron chi connectivity index (χ2n) is 4.17. The highest BCUT2D eigenvalue weighted by atomic mass is 16.6. The monoisotopic (exact) mass is 226 g/mol. The van der Waals surface area contributed by atoms with E-state index < -0.39 is 0 Å². The highest BCUT2D eigenvalue weighted by molar-refractivity contribution is 5.31. The van der Waals surface area contributed by atoms with Gasteiger partial charge in [-0.2, -0.15) is 0 Å². The minimum Gasteiger partial charge on any atom is -0.489 e. The molecule has 2 heteroatoms. The Morgan fingerprint density at radius 2 is 1.88 bits per heavy atom. The van der Waals surface area contributed by atoms with Crippen molar-refractivity contribution in [2.45, 2.75) is 12.7 Å². The minimum atomic E-state index is 0.287. The van der Waals surface area contributed by atoms with Crippen LogP contribution in [0.2, 0.25) is 0 Å². The molecular weight excluding hydrogens is 212 g/mol. The van der Waals surface area contributed by atoms with Crippen molar-refractivity contribution >= 4 is 0 Å². The summed E-state index contributed by atoms with van der Waals surface area (Å²) in [6.45, 7) is 1.44. The predicted molar refractivity (Wildman–Crippen MR) is 65.9 cm³/mol. The molecule has 0 amide bonds. The summed E-state index contributed by atoms with van der Waals surface area (Å²) in [5, 5.41) is 0. The van der Waals surface area contributed by atoms with E-state index >= 15 is 0 Å². The third-order valence-corrected chi connectivity index (χ3v) is 2.81. The summed E-state index contributed by atoms with van der Waals surface area (Å²) in [6, 6.07) is 18.3. The maximum absolute atomic E-state index is 5.76. The van der Waals surface area contributed by atoms with Gasteiger partial charge in [0.2, 0.25) is 0 Å². The molecule has 3 rings (SSSR count). The van der Waals surface area contributed by atoms with Crippen molar-refractivity contribution in [3.8, 4) is 5.75 Å². The van der Waals surface area contributed by atoms with Crippen LogP contribution in [0.25, 0.3) is 0 Å². The molecule has 0 spiro atoms. The fourth-order valence-corrected chi connectivity index (χ4v) is 1.79. The van der Waals surface area contributed by atoms with E-state index in [1.807, 2.05) is 30.3 Å². The van der Waals surface area contributed by atoms with Crippen LogP contribution in [-0.2, 0) is 11.3 Å². The first-order valence-corrected chi connectivity index (χ1v) is 5.80. The van der Waals surface area contributed by atoms with E-state index in [2.05, 4.69) is 24.3 Å². The largest absolute Gasteiger partial charge is 0.489 e. The Bertz CT molecular complexity index is 489. The van der Waals surface area contributed by atoms with Gasteiger partial charge in [0, 0.05) is 0 Å². The van der Waals surface area contributed by atoms with Gasteiger partial charge in [-0.05, 0) is 23.3 Å². The van der Waals surface area contributed by atoms with Crippen molar-refractivity contribution in [1.29, 1.82) is 0 Å². The molecule has 1 heterocycles. The minimum absolute atomic E-state index is 0.287. The molecule has 0 radical (unpaired) electrons. The van der Waals surface area contributed by atoms with Crippen molar-refractivity contribution in [1.82, 2.24) is 0 Å². The van der Waals surface area contributed by atoms with Gasteiger partial charge in [-0.15, -0.1) is 0 Å². The molecule has 0 aliphatic carbocycles. The Labute approximate surface area is 101 Å². The smallest absolute Gasteiger partial charge is 0.120 e. The summed E-state index contributed by atoms with van der Waals surface area (Å²) < 4.78 is 11.0. The lowest BCUT2D eigenvalue weighted by Gasteiger charge is -2.07. The topological polar surface area (TPSA) is 21.8 Å². The Kier molecular flexibility index (Phi) is 2.80. The lowest BCUT2D eigenvalue weighted by molar-refractivity contribution is 0.305. The SMILES string of the molecule is c1ccc(COc2cccc([C@H]3CO3)c2)cc1. The molecule has 1 fully saturated rings. The molecule has 1 atom stereocenters. The Morgan fingerprint density at radius 3 is 2.65 bits per heavy atom. The number of ether oxygens (including phenoxy) is 2. The van der Waals surface area contributed by atoms with E-state index in [4.69, 9.17) is 9.47 Å². The molecule has 1 aliphatic heterocycles. The van der Waals surface area contributed by atoms with Crippen molar-refractivity contribution < 1.29 is 9.47 Å². The van der Waals surface area contributed by atoms with Crippen LogP contribution in [0.5, 0.6) is 5.75 Å². The maximum atomic E-state index is 5.76. The van der Waals surface area contributed by atoms with Crippen molar-refractivity contribution in [3.63, 3.8) is 0 Å². The first kappa shape index (κ1) is 10.4. The van der Waals surface area contributed by atoms with Gasteiger partial charge in [0.05, 0.1) is 6.61 Å². The Morgan fingerprint density at radius 1 is 1.06 bits per heavy atom. The van der Waals surface area contributed by atoms with E-state index in [0.29, 0.717) is 6.61 Å². The number of benzene rings is 2. The molecule has 0 aromatic heterocycles. The average molecular weight is 226 g/mol. The fraction of sp³-hybridized carbons (Fsp3) is 0.200. The first-order chi connectivity index (χ1) is 8.42. The highest BCUT2D eigenvalue weighted by Crippen LogP contribution is 2.31. The van der Waals surface area contributed by atoms with E-state index in [-0.39, 0.29) is 6.10 Å². The summed E-state index contributed by atoms with van der Waals surface area (Å²) in [4.78, 5) is 0. The maximum Gasteiger partial charge on any atom is 0.120 e. The van der Waals surface area contributed by atoms with Gasteiger partial charge in [0.25, 0.3) is 0 Å². The van der Waals surface area contributed by atoms with Crippen molar-refractivity contribution in [3.05, 3.63) is 65.7 Å². The van der Waals surface area contributed by atoms with E-state index in [1.54, 1.807) is 0 Å². The van der Waals surface area contributed by atoms with Crippen LogP contribution in [0.3, 0.4) is 0 Å². The Hall–Kier alpha value is -1.80. The molecule has 0 unspecified atom stereocenters. The van der Waals surface area contributed by atoms with Crippen LogP contribution < -0.4 is 4.74 Å². The van der Waals surface area contributed by atoms with Crippen LogP contribution in [0.4, 0.5) is 0 Å². The first-order valence-electron chi connectivity index (χ1n) is 5.80. The summed E-state index contributed by atoms with van der Waals surface area (Å²) in [5.41, 5.74) is 2.39. The van der Waals surface area contributed by atoms with Gasteiger partial charge in [-0.25, -0.2) is 0 Å². The lowest BCUT2D eigenvalue weighted by atomic mass is 10.1. The van der Waals surface area contributed by atoms with E-state index in [1.165, 1.54) is 11.1 Å². The van der Waals surface area contributed by atoms with Crippen molar-refractivity contribution in [2.24, 2.45) is 0 Å². The summed E-state index contributed by atoms with van der Waals surface area (Å²) >= 11 is 0. The van der Waals surface area contributed by atoms with Gasteiger partial charge >= 0.3 is 0 Å². The number of epoxide rings is 1. The molecular formula is C15H14O2. The number of hydrogen-bond acceptors (Lipinski definition) is 2. The molecule has 0 N–H and O–H groups in total. The van der Waals surface area contributed by atoms with E-state index in [0.717, 1.165) is 12.4 Å². The average Bonchev–Trinajstić information content (AvgIpc) is 3.22. The third kappa shape index (κ3) is 2.66. The number of rotatable bonds is 4. The molecule has 0 bridgehead atoms. The number of hydrogen-bond donors (Lipinski definition) is 0. The standard InChI is InChI=1S/C15H14O2/c1-2-5-12(6-3-1)10-16-14-8-4-7-13(9-14)15-11-17-15/h1-9,15H,10-11H2/t15-/m1/s1. The molecule has 1 saturated heterocycles. The summed E-state index contributed by atoms with van der Waals surface area (Å²) in [6.07, 6.45) is 0.287.